The molecule has 1 amide bonds. The van der Waals surface area contributed by atoms with Crippen LogP contribution in [-0.2, 0) is 24.1 Å². The first-order valence-corrected chi connectivity index (χ1v) is 11.0. The lowest BCUT2D eigenvalue weighted by atomic mass is 9.86. The highest BCUT2D eigenvalue weighted by Crippen LogP contribution is 2.43. The Hall–Kier alpha value is -1.72. The lowest BCUT2D eigenvalue weighted by Gasteiger charge is -2.38. The van der Waals surface area contributed by atoms with Gasteiger partial charge in [-0.15, -0.1) is 11.3 Å². The number of carbonyl (C=O) groups excluding carboxylic acids is 1. The van der Waals surface area contributed by atoms with Crippen LogP contribution in [0, 0.1) is 5.92 Å². The van der Waals surface area contributed by atoms with Gasteiger partial charge < -0.3 is 5.73 Å². The van der Waals surface area contributed by atoms with Crippen LogP contribution in [0.4, 0.5) is 0 Å². The Balaban J connectivity index is 1.82. The van der Waals surface area contributed by atoms with Gasteiger partial charge in [-0.2, -0.15) is 0 Å². The van der Waals surface area contributed by atoms with E-state index < -0.39 is 0 Å². The number of primary amides is 1. The van der Waals surface area contributed by atoms with Crippen LogP contribution < -0.4 is 5.73 Å². The number of aromatic nitrogens is 1. The molecule has 1 fully saturated rings. The minimum Gasteiger partial charge on any atom is -0.369 e. The Kier molecular flexibility index (Phi) is 5.60. The van der Waals surface area contributed by atoms with Crippen molar-refractivity contribution in [3.8, 4) is 0 Å². The SMILES string of the molecule is CC1CCN(C(c2cccnc2)c2c(CC(N)=O)sc3c2CCCC3)CC1. The summed E-state index contributed by atoms with van der Waals surface area (Å²) < 4.78 is 0. The minimum absolute atomic E-state index is 0.193. The molecule has 5 heteroatoms. The molecule has 0 radical (unpaired) electrons. The molecule has 0 aromatic carbocycles. The van der Waals surface area contributed by atoms with E-state index in [9.17, 15) is 4.79 Å². The van der Waals surface area contributed by atoms with Crippen molar-refractivity contribution in [3.05, 3.63) is 51.0 Å². The van der Waals surface area contributed by atoms with E-state index in [0.717, 1.165) is 31.8 Å². The van der Waals surface area contributed by atoms with Crippen LogP contribution in [0.3, 0.4) is 0 Å². The summed E-state index contributed by atoms with van der Waals surface area (Å²) in [6, 6.07) is 4.41. The van der Waals surface area contributed by atoms with Crippen LogP contribution in [0.5, 0.6) is 0 Å². The molecule has 0 bridgehead atoms. The average molecular weight is 384 g/mol. The highest BCUT2D eigenvalue weighted by molar-refractivity contribution is 7.12. The van der Waals surface area contributed by atoms with Crippen molar-refractivity contribution in [1.29, 1.82) is 0 Å². The van der Waals surface area contributed by atoms with Gasteiger partial charge in [0.2, 0.25) is 5.91 Å². The number of aryl methyl sites for hydroxylation is 1. The van der Waals surface area contributed by atoms with Crippen molar-refractivity contribution < 1.29 is 4.79 Å². The van der Waals surface area contributed by atoms with Crippen LogP contribution in [0.25, 0.3) is 0 Å². The normalized spacial score (nSPS) is 19.6. The Labute approximate surface area is 165 Å². The molecule has 2 N–H and O–H groups in total. The molecule has 1 aliphatic heterocycles. The zero-order valence-electron chi connectivity index (χ0n) is 16.1. The topological polar surface area (TPSA) is 59.2 Å². The second-order valence-corrected chi connectivity index (χ2v) is 9.29. The summed E-state index contributed by atoms with van der Waals surface area (Å²) in [6.45, 7) is 4.55. The number of hydrogen-bond donors (Lipinski definition) is 1. The Morgan fingerprint density at radius 2 is 2.11 bits per heavy atom. The van der Waals surface area contributed by atoms with Gasteiger partial charge in [0, 0.05) is 22.1 Å². The third-order valence-electron chi connectivity index (χ3n) is 6.08. The number of piperidine rings is 1. The molecule has 0 saturated carbocycles. The van der Waals surface area contributed by atoms with Crippen molar-refractivity contribution in [2.45, 2.75) is 57.9 Å². The molecular weight excluding hydrogens is 354 g/mol. The lowest BCUT2D eigenvalue weighted by Crippen LogP contribution is -2.37. The van der Waals surface area contributed by atoms with Gasteiger partial charge in [-0.1, -0.05) is 13.0 Å². The van der Waals surface area contributed by atoms with Crippen molar-refractivity contribution in [2.75, 3.05) is 13.1 Å². The molecular formula is C22H29N3OS. The predicted molar refractivity (Wildman–Crippen MR) is 110 cm³/mol. The number of nitrogens with zero attached hydrogens (tertiary/aromatic N) is 2. The van der Waals surface area contributed by atoms with Gasteiger partial charge >= 0.3 is 0 Å². The highest BCUT2D eigenvalue weighted by atomic mass is 32.1. The maximum absolute atomic E-state index is 11.8. The van der Waals surface area contributed by atoms with Gasteiger partial charge in [0.05, 0.1) is 12.5 Å². The Bertz CT molecular complexity index is 793. The van der Waals surface area contributed by atoms with E-state index >= 15 is 0 Å². The maximum atomic E-state index is 11.8. The standard InChI is InChI=1S/C22H29N3OS/c1-15-8-11-25(12-9-15)22(16-5-4-10-24-14-16)21-17-6-2-3-7-18(17)27-19(21)13-20(23)26/h4-5,10,14-15,22H,2-3,6-9,11-13H2,1H3,(H2,23,26). The summed E-state index contributed by atoms with van der Waals surface area (Å²) in [5, 5.41) is 0. The molecule has 2 aromatic rings. The molecule has 1 atom stereocenters. The number of hydrogen-bond acceptors (Lipinski definition) is 4. The Morgan fingerprint density at radius 3 is 2.81 bits per heavy atom. The van der Waals surface area contributed by atoms with Crippen LogP contribution in [0.1, 0.15) is 65.1 Å². The fraction of sp³-hybridized carbons (Fsp3) is 0.545. The fourth-order valence-corrected chi connectivity index (χ4v) is 6.08. The number of rotatable bonds is 5. The summed E-state index contributed by atoms with van der Waals surface area (Å²) in [5.74, 6) is 0.560. The van der Waals surface area contributed by atoms with Crippen molar-refractivity contribution >= 4 is 17.2 Å². The zero-order valence-corrected chi connectivity index (χ0v) is 16.9. The van der Waals surface area contributed by atoms with Crippen LogP contribution >= 0.6 is 11.3 Å². The molecule has 1 saturated heterocycles. The molecule has 1 aliphatic carbocycles. The van der Waals surface area contributed by atoms with Gasteiger partial charge in [-0.25, -0.2) is 0 Å². The van der Waals surface area contributed by atoms with Crippen LogP contribution in [0.2, 0.25) is 0 Å². The predicted octanol–water partition coefficient (Wildman–Crippen LogP) is 3.87. The fourth-order valence-electron chi connectivity index (χ4n) is 4.64. The minimum atomic E-state index is -0.230. The molecule has 0 spiro atoms. The van der Waals surface area contributed by atoms with Gasteiger partial charge in [-0.3, -0.25) is 14.7 Å². The second-order valence-electron chi connectivity index (χ2n) is 8.10. The van der Waals surface area contributed by atoms with E-state index in [4.69, 9.17) is 5.73 Å². The van der Waals surface area contributed by atoms with E-state index in [-0.39, 0.29) is 11.9 Å². The van der Waals surface area contributed by atoms with Gasteiger partial charge in [0.25, 0.3) is 0 Å². The third-order valence-corrected chi connectivity index (χ3v) is 7.39. The number of thiophene rings is 1. The van der Waals surface area contributed by atoms with Gasteiger partial charge in [0.15, 0.2) is 0 Å². The van der Waals surface area contributed by atoms with Crippen LogP contribution in [-0.4, -0.2) is 28.9 Å². The van der Waals surface area contributed by atoms with Crippen LogP contribution in [0.15, 0.2) is 24.5 Å². The molecule has 27 heavy (non-hydrogen) atoms. The van der Waals surface area contributed by atoms with E-state index in [1.807, 2.05) is 29.8 Å². The molecule has 1 unspecified atom stereocenters. The number of nitrogens with two attached hydrogens (primary N) is 1. The summed E-state index contributed by atoms with van der Waals surface area (Å²) in [5.41, 5.74) is 9.73. The van der Waals surface area contributed by atoms with E-state index in [0.29, 0.717) is 6.42 Å². The zero-order chi connectivity index (χ0) is 18.8. The maximum Gasteiger partial charge on any atom is 0.222 e. The number of fused-ring (bicyclic) bond motifs is 1. The molecule has 3 heterocycles. The smallest absolute Gasteiger partial charge is 0.222 e. The first-order valence-electron chi connectivity index (χ1n) is 10.2. The number of likely N-dealkylation sites (tertiary alicyclic amines) is 1. The quantitative estimate of drug-likeness (QED) is 0.853. The largest absolute Gasteiger partial charge is 0.369 e. The Morgan fingerprint density at radius 1 is 1.33 bits per heavy atom. The molecule has 4 rings (SSSR count). The van der Waals surface area contributed by atoms with Crippen molar-refractivity contribution in [2.24, 2.45) is 11.7 Å². The van der Waals surface area contributed by atoms with E-state index in [1.165, 1.54) is 52.1 Å². The summed E-state index contributed by atoms with van der Waals surface area (Å²) in [7, 11) is 0. The molecule has 4 nitrogen and oxygen atoms in total. The number of pyridine rings is 1. The first kappa shape index (κ1) is 18.6. The van der Waals surface area contributed by atoms with Crippen molar-refractivity contribution in [3.63, 3.8) is 0 Å². The molecule has 144 valence electrons. The first-order chi connectivity index (χ1) is 13.1. The van der Waals surface area contributed by atoms with E-state index in [1.54, 1.807) is 0 Å². The summed E-state index contributed by atoms with van der Waals surface area (Å²) >= 11 is 1.83. The van der Waals surface area contributed by atoms with E-state index in [2.05, 4.69) is 22.9 Å². The monoisotopic (exact) mass is 383 g/mol. The average Bonchev–Trinajstić information content (AvgIpc) is 3.02. The van der Waals surface area contributed by atoms with Crippen molar-refractivity contribution in [1.82, 2.24) is 9.88 Å². The number of amides is 1. The van der Waals surface area contributed by atoms with Gasteiger partial charge in [-0.05, 0) is 80.3 Å². The molecule has 2 aromatic heterocycles. The lowest BCUT2D eigenvalue weighted by molar-refractivity contribution is -0.117. The molecule has 2 aliphatic rings. The summed E-state index contributed by atoms with van der Waals surface area (Å²) in [6.07, 6.45) is 11.4. The summed E-state index contributed by atoms with van der Waals surface area (Å²) in [4.78, 5) is 21.5. The highest BCUT2D eigenvalue weighted by Gasteiger charge is 2.33. The third kappa shape index (κ3) is 3.94. The second kappa shape index (κ2) is 8.11. The van der Waals surface area contributed by atoms with Gasteiger partial charge in [0.1, 0.15) is 0 Å². The number of carbonyl (C=O) groups is 1.